The number of hydrogen-bond acceptors (Lipinski definition) is 3. The van der Waals surface area contributed by atoms with E-state index in [2.05, 4.69) is 15.2 Å². The van der Waals surface area contributed by atoms with Gasteiger partial charge < -0.3 is 10.2 Å². The van der Waals surface area contributed by atoms with Crippen molar-refractivity contribution in [3.63, 3.8) is 0 Å². The highest BCUT2D eigenvalue weighted by Crippen LogP contribution is 2.33. The van der Waals surface area contributed by atoms with Gasteiger partial charge in [0.05, 0.1) is 23.5 Å². The van der Waals surface area contributed by atoms with Gasteiger partial charge in [-0.2, -0.15) is 0 Å². The Morgan fingerprint density at radius 3 is 2.76 bits per heavy atom. The fourth-order valence-electron chi connectivity index (χ4n) is 3.36. The number of anilines is 1. The van der Waals surface area contributed by atoms with Crippen molar-refractivity contribution in [3.8, 4) is 0 Å². The molecule has 0 saturated heterocycles. The second-order valence-electron chi connectivity index (χ2n) is 6.26. The topological polar surface area (TPSA) is 28.2 Å². The van der Waals surface area contributed by atoms with Crippen LogP contribution in [0.15, 0.2) is 48.3 Å². The Bertz CT molecular complexity index is 887. The van der Waals surface area contributed by atoms with Gasteiger partial charge in [0.2, 0.25) is 0 Å². The SMILES string of the molecule is Cc1cc(Cl)ncc1N1C=C2C=C(c3c(F)cccc3F)NC2CC1. The first-order valence-electron chi connectivity index (χ1n) is 8.06. The molecule has 1 aromatic carbocycles. The molecular weight excluding hydrogens is 344 g/mol. The molecule has 1 atom stereocenters. The summed E-state index contributed by atoms with van der Waals surface area (Å²) in [5.74, 6) is -1.12. The second-order valence-corrected chi connectivity index (χ2v) is 6.64. The van der Waals surface area contributed by atoms with Gasteiger partial charge in [-0.05, 0) is 48.8 Å². The maximum atomic E-state index is 14.0. The van der Waals surface area contributed by atoms with Gasteiger partial charge in [0.15, 0.2) is 0 Å². The fourth-order valence-corrected chi connectivity index (χ4v) is 3.58. The summed E-state index contributed by atoms with van der Waals surface area (Å²) < 4.78 is 28.1. The van der Waals surface area contributed by atoms with Crippen molar-refractivity contribution in [1.29, 1.82) is 0 Å². The summed E-state index contributed by atoms with van der Waals surface area (Å²) in [7, 11) is 0. The Hall–Kier alpha value is -2.40. The summed E-state index contributed by atoms with van der Waals surface area (Å²) >= 11 is 5.93. The molecule has 2 aliphatic rings. The first-order valence-corrected chi connectivity index (χ1v) is 8.44. The number of fused-ring (bicyclic) bond motifs is 1. The Labute approximate surface area is 149 Å². The summed E-state index contributed by atoms with van der Waals surface area (Å²) in [6.07, 6.45) is 6.39. The zero-order valence-corrected chi connectivity index (χ0v) is 14.3. The van der Waals surface area contributed by atoms with E-state index in [9.17, 15) is 8.78 Å². The van der Waals surface area contributed by atoms with Gasteiger partial charge in [0.1, 0.15) is 16.8 Å². The monoisotopic (exact) mass is 359 g/mol. The van der Waals surface area contributed by atoms with Gasteiger partial charge in [0.25, 0.3) is 0 Å². The van der Waals surface area contributed by atoms with Crippen LogP contribution in [0.2, 0.25) is 5.15 Å². The Morgan fingerprint density at radius 1 is 1.28 bits per heavy atom. The van der Waals surface area contributed by atoms with Gasteiger partial charge >= 0.3 is 0 Å². The molecular formula is C19H16ClF2N3. The first-order chi connectivity index (χ1) is 12.0. The van der Waals surface area contributed by atoms with Crippen LogP contribution in [0.3, 0.4) is 0 Å². The molecule has 4 rings (SSSR count). The number of halogens is 3. The molecule has 1 N–H and O–H groups in total. The largest absolute Gasteiger partial charge is 0.377 e. The minimum Gasteiger partial charge on any atom is -0.377 e. The molecule has 3 heterocycles. The molecule has 0 amide bonds. The van der Waals surface area contributed by atoms with Gasteiger partial charge in [-0.25, -0.2) is 13.8 Å². The van der Waals surface area contributed by atoms with Gasteiger partial charge in [0, 0.05) is 18.4 Å². The van der Waals surface area contributed by atoms with Crippen LogP contribution in [0.1, 0.15) is 17.5 Å². The average molecular weight is 360 g/mol. The summed E-state index contributed by atoms with van der Waals surface area (Å²) in [4.78, 5) is 6.25. The molecule has 0 aliphatic carbocycles. The fraction of sp³-hybridized carbons (Fsp3) is 0.211. The van der Waals surface area contributed by atoms with E-state index < -0.39 is 11.6 Å². The van der Waals surface area contributed by atoms with Crippen LogP contribution in [-0.2, 0) is 0 Å². The second kappa shape index (κ2) is 6.15. The van der Waals surface area contributed by atoms with E-state index in [0.29, 0.717) is 10.9 Å². The predicted molar refractivity (Wildman–Crippen MR) is 95.3 cm³/mol. The molecule has 25 heavy (non-hydrogen) atoms. The van der Waals surface area contributed by atoms with Crippen molar-refractivity contribution in [3.05, 3.63) is 76.2 Å². The maximum Gasteiger partial charge on any atom is 0.135 e. The van der Waals surface area contributed by atoms with E-state index in [1.165, 1.54) is 18.2 Å². The number of nitrogens with one attached hydrogen (secondary N) is 1. The molecule has 0 spiro atoms. The van der Waals surface area contributed by atoms with E-state index in [-0.39, 0.29) is 11.6 Å². The third kappa shape index (κ3) is 2.89. The minimum atomic E-state index is -0.562. The van der Waals surface area contributed by atoms with Crippen LogP contribution in [0.25, 0.3) is 5.70 Å². The normalized spacial score (nSPS) is 19.2. The van der Waals surface area contributed by atoms with Crippen molar-refractivity contribution in [2.75, 3.05) is 11.4 Å². The first kappa shape index (κ1) is 16.1. The molecule has 6 heteroatoms. The summed E-state index contributed by atoms with van der Waals surface area (Å²) in [6.45, 7) is 2.77. The summed E-state index contributed by atoms with van der Waals surface area (Å²) in [6, 6.07) is 5.79. The molecule has 0 saturated carbocycles. The number of pyridine rings is 1. The van der Waals surface area contributed by atoms with Crippen molar-refractivity contribution in [2.24, 2.45) is 0 Å². The number of aryl methyl sites for hydroxylation is 1. The van der Waals surface area contributed by atoms with Crippen LogP contribution < -0.4 is 10.2 Å². The number of aromatic nitrogens is 1. The van der Waals surface area contributed by atoms with E-state index in [1.54, 1.807) is 6.20 Å². The summed E-state index contributed by atoms with van der Waals surface area (Å²) in [5.41, 5.74) is 3.49. The van der Waals surface area contributed by atoms with Crippen LogP contribution in [0, 0.1) is 18.6 Å². The molecule has 128 valence electrons. The van der Waals surface area contributed by atoms with Crippen molar-refractivity contribution in [2.45, 2.75) is 19.4 Å². The molecule has 0 bridgehead atoms. The average Bonchev–Trinajstić information content (AvgIpc) is 2.97. The molecule has 1 aromatic heterocycles. The van der Waals surface area contributed by atoms with Crippen molar-refractivity contribution in [1.82, 2.24) is 10.3 Å². The number of benzene rings is 1. The van der Waals surface area contributed by atoms with E-state index in [4.69, 9.17) is 11.6 Å². The van der Waals surface area contributed by atoms with Crippen molar-refractivity contribution < 1.29 is 8.78 Å². The molecule has 3 nitrogen and oxygen atoms in total. The van der Waals surface area contributed by atoms with Crippen LogP contribution in [-0.4, -0.2) is 17.6 Å². The van der Waals surface area contributed by atoms with Gasteiger partial charge in [-0.3, -0.25) is 0 Å². The number of rotatable bonds is 2. The van der Waals surface area contributed by atoms with Crippen molar-refractivity contribution >= 4 is 23.0 Å². The van der Waals surface area contributed by atoms with Crippen LogP contribution >= 0.6 is 11.6 Å². The Balaban J connectivity index is 1.69. The molecule has 2 aromatic rings. The number of hydrogen-bond donors (Lipinski definition) is 1. The predicted octanol–water partition coefficient (Wildman–Crippen LogP) is 4.43. The smallest absolute Gasteiger partial charge is 0.135 e. The third-order valence-electron chi connectivity index (χ3n) is 4.60. The Kier molecular flexibility index (Phi) is 3.96. The molecule has 0 radical (unpaired) electrons. The van der Waals surface area contributed by atoms with E-state index in [1.807, 2.05) is 25.3 Å². The zero-order valence-electron chi connectivity index (χ0n) is 13.6. The minimum absolute atomic E-state index is 0.00584. The van der Waals surface area contributed by atoms with Crippen LogP contribution in [0.5, 0.6) is 0 Å². The highest BCUT2D eigenvalue weighted by atomic mass is 35.5. The lowest BCUT2D eigenvalue weighted by Gasteiger charge is -2.30. The van der Waals surface area contributed by atoms with Gasteiger partial charge in [-0.15, -0.1) is 0 Å². The Morgan fingerprint density at radius 2 is 2.04 bits per heavy atom. The molecule has 1 unspecified atom stereocenters. The lowest BCUT2D eigenvalue weighted by atomic mass is 10.0. The highest BCUT2D eigenvalue weighted by Gasteiger charge is 2.29. The van der Waals surface area contributed by atoms with Gasteiger partial charge in [-0.1, -0.05) is 17.7 Å². The quantitative estimate of drug-likeness (QED) is 0.804. The molecule has 2 aliphatic heterocycles. The third-order valence-corrected chi connectivity index (χ3v) is 4.80. The maximum absolute atomic E-state index is 14.0. The molecule has 0 fully saturated rings. The van der Waals surface area contributed by atoms with E-state index in [0.717, 1.165) is 29.8 Å². The van der Waals surface area contributed by atoms with Crippen LogP contribution in [0.4, 0.5) is 14.5 Å². The summed E-state index contributed by atoms with van der Waals surface area (Å²) in [5, 5.41) is 3.70. The lowest BCUT2D eigenvalue weighted by Crippen LogP contribution is -2.34. The zero-order chi connectivity index (χ0) is 17.6. The lowest BCUT2D eigenvalue weighted by molar-refractivity contribution is 0.569. The van der Waals surface area contributed by atoms with E-state index >= 15 is 0 Å². The standard InChI is InChI=1S/C19H16ClF2N3/c1-11-7-18(20)23-9-17(11)25-6-5-15-12(10-25)8-16(24-15)19-13(21)3-2-4-14(19)22/h2-4,7-10,15,24H,5-6H2,1H3. The highest BCUT2D eigenvalue weighted by molar-refractivity contribution is 6.29. The number of nitrogens with zero attached hydrogens (tertiary/aromatic N) is 2.